The molecule has 0 saturated heterocycles. The molecule has 0 aromatic heterocycles. The quantitative estimate of drug-likeness (QED) is 0.279. The summed E-state index contributed by atoms with van der Waals surface area (Å²) in [7, 11) is 0. The van der Waals surface area contributed by atoms with Crippen LogP contribution < -0.4 is 0 Å². The smallest absolute Gasteiger partial charge is 0.305 e. The maximum atomic E-state index is 12.5. The molecule has 0 unspecified atom stereocenters. The van der Waals surface area contributed by atoms with E-state index in [0.717, 1.165) is 61.7 Å². The highest BCUT2D eigenvalue weighted by molar-refractivity contribution is 5.69. The van der Waals surface area contributed by atoms with Crippen molar-refractivity contribution in [2.45, 2.75) is 136 Å². The van der Waals surface area contributed by atoms with Gasteiger partial charge in [0.1, 0.15) is 6.61 Å². The van der Waals surface area contributed by atoms with E-state index < -0.39 is 0 Å². The highest BCUT2D eigenvalue weighted by Crippen LogP contribution is 2.68. The Morgan fingerprint density at radius 2 is 1.64 bits per heavy atom. The third kappa shape index (κ3) is 5.29. The average molecular weight is 503 g/mol. The fourth-order valence-corrected chi connectivity index (χ4v) is 10.4. The first-order chi connectivity index (χ1) is 17.3. The monoisotopic (exact) mass is 502 g/mol. The largest absolute Gasteiger partial charge is 0.463 e. The molecule has 36 heavy (non-hydrogen) atoms. The average Bonchev–Trinajstić information content (AvgIpc) is 3.23. The molecule has 0 aromatic carbocycles. The van der Waals surface area contributed by atoms with Gasteiger partial charge < -0.3 is 14.6 Å². The molecule has 0 spiro atoms. The standard InChI is InChI=1S/C32H54O4/c1-22(9-14-30(34)36-20-19-35-25-7-5-4-6-8-25)27-12-13-28-26-11-10-23-21-24(33)15-17-31(23,2)29(26)16-18-32(27,28)3/h22-29,33H,4-21H2,1-3H3/t22-,23-,24-,26+,27-,28+,29+,31+,32-/m1/s1. The van der Waals surface area contributed by atoms with Crippen molar-refractivity contribution in [2.24, 2.45) is 46.3 Å². The topological polar surface area (TPSA) is 55.8 Å². The molecule has 0 aliphatic heterocycles. The molecule has 9 atom stereocenters. The van der Waals surface area contributed by atoms with E-state index in [1.165, 1.54) is 64.2 Å². The second-order valence-corrected chi connectivity index (χ2v) is 14.2. The number of rotatable bonds is 8. The minimum atomic E-state index is -0.0544. The first kappa shape index (κ1) is 27.0. The Hall–Kier alpha value is -0.610. The molecule has 0 heterocycles. The van der Waals surface area contributed by atoms with E-state index in [-0.39, 0.29) is 12.1 Å². The van der Waals surface area contributed by atoms with E-state index in [2.05, 4.69) is 20.8 Å². The van der Waals surface area contributed by atoms with Crippen LogP contribution in [0.25, 0.3) is 0 Å². The molecule has 5 saturated carbocycles. The molecule has 5 aliphatic carbocycles. The SMILES string of the molecule is C[C@H](CCC(=O)OCCOC1CCCCC1)[C@H]1CC[C@H]2[C@@H]3CC[C@@H]4C[C@H](O)CC[C@]4(C)[C@H]3CC[C@]12C. The molecule has 0 aromatic rings. The van der Waals surface area contributed by atoms with E-state index in [1.807, 2.05) is 0 Å². The minimum absolute atomic E-state index is 0.0387. The molecule has 0 amide bonds. The van der Waals surface area contributed by atoms with Crippen LogP contribution in [0.2, 0.25) is 0 Å². The molecule has 0 bridgehead atoms. The molecule has 0 radical (unpaired) electrons. The lowest BCUT2D eigenvalue weighted by Gasteiger charge is -2.61. The predicted molar refractivity (Wildman–Crippen MR) is 143 cm³/mol. The third-order valence-electron chi connectivity index (χ3n) is 12.5. The van der Waals surface area contributed by atoms with Crippen molar-refractivity contribution in [3.63, 3.8) is 0 Å². The van der Waals surface area contributed by atoms with Crippen LogP contribution in [-0.2, 0) is 14.3 Å². The molecule has 206 valence electrons. The summed E-state index contributed by atoms with van der Waals surface area (Å²) in [4.78, 5) is 12.5. The van der Waals surface area contributed by atoms with E-state index in [0.29, 0.717) is 42.5 Å². The van der Waals surface area contributed by atoms with Gasteiger partial charge in [-0.3, -0.25) is 4.79 Å². The van der Waals surface area contributed by atoms with Crippen LogP contribution in [0.4, 0.5) is 0 Å². The van der Waals surface area contributed by atoms with Crippen molar-refractivity contribution in [1.82, 2.24) is 0 Å². The molecule has 1 N–H and O–H groups in total. The lowest BCUT2D eigenvalue weighted by atomic mass is 9.44. The summed E-state index contributed by atoms with van der Waals surface area (Å²) in [6.45, 7) is 8.57. The van der Waals surface area contributed by atoms with Crippen LogP contribution in [0.5, 0.6) is 0 Å². The summed E-state index contributed by atoms with van der Waals surface area (Å²) >= 11 is 0. The van der Waals surface area contributed by atoms with E-state index in [4.69, 9.17) is 9.47 Å². The van der Waals surface area contributed by atoms with Gasteiger partial charge in [-0.15, -0.1) is 0 Å². The summed E-state index contributed by atoms with van der Waals surface area (Å²) in [6.07, 6.45) is 19.5. The zero-order chi connectivity index (χ0) is 25.3. The van der Waals surface area contributed by atoms with Gasteiger partial charge in [0, 0.05) is 6.42 Å². The number of hydrogen-bond acceptors (Lipinski definition) is 4. The maximum Gasteiger partial charge on any atom is 0.305 e. The van der Waals surface area contributed by atoms with Gasteiger partial charge in [0.05, 0.1) is 18.8 Å². The Balaban J connectivity index is 1.09. The van der Waals surface area contributed by atoms with Gasteiger partial charge in [0.25, 0.3) is 0 Å². The number of ether oxygens (including phenoxy) is 2. The van der Waals surface area contributed by atoms with Crippen molar-refractivity contribution in [3.8, 4) is 0 Å². The van der Waals surface area contributed by atoms with Gasteiger partial charge in [-0.25, -0.2) is 0 Å². The number of fused-ring (bicyclic) bond motifs is 5. The van der Waals surface area contributed by atoms with Gasteiger partial charge in [0.15, 0.2) is 0 Å². The van der Waals surface area contributed by atoms with E-state index >= 15 is 0 Å². The van der Waals surface area contributed by atoms with Gasteiger partial charge in [-0.05, 0) is 123 Å². The van der Waals surface area contributed by atoms with Crippen LogP contribution in [0.15, 0.2) is 0 Å². The molecule has 4 heteroatoms. The minimum Gasteiger partial charge on any atom is -0.463 e. The highest BCUT2D eigenvalue weighted by atomic mass is 16.6. The first-order valence-electron chi connectivity index (χ1n) is 15.8. The molecule has 5 fully saturated rings. The van der Waals surface area contributed by atoms with Crippen LogP contribution in [0.3, 0.4) is 0 Å². The Morgan fingerprint density at radius 1 is 0.889 bits per heavy atom. The number of aliphatic hydroxyl groups is 1. The van der Waals surface area contributed by atoms with Crippen LogP contribution >= 0.6 is 0 Å². The van der Waals surface area contributed by atoms with Crippen molar-refractivity contribution >= 4 is 5.97 Å². The zero-order valence-electron chi connectivity index (χ0n) is 23.5. The lowest BCUT2D eigenvalue weighted by Crippen LogP contribution is -2.54. The van der Waals surface area contributed by atoms with Gasteiger partial charge in [-0.2, -0.15) is 0 Å². The Bertz CT molecular complexity index is 746. The number of esters is 1. The molecule has 4 nitrogen and oxygen atoms in total. The van der Waals surface area contributed by atoms with Gasteiger partial charge >= 0.3 is 5.97 Å². The summed E-state index contributed by atoms with van der Waals surface area (Å²) in [6, 6.07) is 0. The second-order valence-electron chi connectivity index (χ2n) is 14.2. The maximum absolute atomic E-state index is 12.5. The third-order valence-corrected chi connectivity index (χ3v) is 12.5. The molecular weight excluding hydrogens is 448 g/mol. The second kappa shape index (κ2) is 11.2. The first-order valence-corrected chi connectivity index (χ1v) is 15.8. The van der Waals surface area contributed by atoms with Crippen molar-refractivity contribution in [2.75, 3.05) is 13.2 Å². The Morgan fingerprint density at radius 3 is 2.44 bits per heavy atom. The van der Waals surface area contributed by atoms with Crippen molar-refractivity contribution in [3.05, 3.63) is 0 Å². The number of carbonyl (C=O) groups is 1. The summed E-state index contributed by atoms with van der Waals surface area (Å²) in [5, 5.41) is 10.3. The fraction of sp³-hybridized carbons (Fsp3) is 0.969. The van der Waals surface area contributed by atoms with Crippen molar-refractivity contribution < 1.29 is 19.4 Å². The summed E-state index contributed by atoms with van der Waals surface area (Å²) in [5.41, 5.74) is 0.896. The van der Waals surface area contributed by atoms with Crippen molar-refractivity contribution in [1.29, 1.82) is 0 Å². The Labute approximate surface area is 220 Å². The van der Waals surface area contributed by atoms with Gasteiger partial charge in [0.2, 0.25) is 0 Å². The van der Waals surface area contributed by atoms with Crippen LogP contribution in [0.1, 0.15) is 124 Å². The number of hydrogen-bond donors (Lipinski definition) is 1. The summed E-state index contributed by atoms with van der Waals surface area (Å²) in [5.74, 6) is 4.62. The van der Waals surface area contributed by atoms with Crippen LogP contribution in [0, 0.1) is 46.3 Å². The zero-order valence-corrected chi connectivity index (χ0v) is 23.5. The fourth-order valence-electron chi connectivity index (χ4n) is 10.4. The Kier molecular flexibility index (Phi) is 8.43. The summed E-state index contributed by atoms with van der Waals surface area (Å²) < 4.78 is 11.4. The van der Waals surface area contributed by atoms with E-state index in [1.54, 1.807) is 0 Å². The van der Waals surface area contributed by atoms with Crippen LogP contribution in [-0.4, -0.2) is 36.5 Å². The molecule has 5 aliphatic rings. The highest BCUT2D eigenvalue weighted by Gasteiger charge is 2.60. The lowest BCUT2D eigenvalue weighted by molar-refractivity contribution is -0.146. The molecular formula is C32H54O4. The van der Waals surface area contributed by atoms with E-state index in [9.17, 15) is 9.90 Å². The normalized spacial score (nSPS) is 43.8. The molecule has 5 rings (SSSR count). The predicted octanol–water partition coefficient (Wildman–Crippen LogP) is 7.32. The number of aliphatic hydroxyl groups excluding tert-OH is 1. The van der Waals surface area contributed by atoms with Gasteiger partial charge in [-0.1, -0.05) is 40.0 Å². The number of carbonyl (C=O) groups excluding carboxylic acids is 1.